The SMILES string of the molecule is CC(C)OC(=O)[C@H](C)CP(=O)(Oc1ccccc1)OC(C)(C)[C@H]1O[C@@H](n2ccc3c(=O)[nH]c(N)nc32)C(N)(CF)[C@H]1O.CC(C)OC(=O)[C@H](C)C[P@@](=O)(Oc1ccccc1)OC(C)(C)[C@H]1O[C@@H](n2ccc3c(=O)[nH]c(N)nc32)C(N)(CF)[C@H]1O.CC(C)OC(=O)[C@H](C)C[P@](=O)(Oc1ccccc1)OC(C)(C)[C@H]1O[C@@H](n2ccc3c(=O)[nH]c(N)nc32)C(N)(CF)[C@H]1O. The van der Waals surface area contributed by atoms with Gasteiger partial charge in [-0.05, 0) is 138 Å². The first-order valence-electron chi connectivity index (χ1n) is 40.2. The van der Waals surface area contributed by atoms with Crippen molar-refractivity contribution in [2.24, 2.45) is 35.0 Å². The molecule has 0 saturated carbocycles. The number of nitrogens with two attached hydrogens (primary N) is 6. The minimum absolute atomic E-state index is 0.0617. The third kappa shape index (κ3) is 21.6. The van der Waals surface area contributed by atoms with Crippen LogP contribution in [0.1, 0.15) is 123 Å². The predicted molar refractivity (Wildman–Crippen MR) is 458 cm³/mol. The number of H-pyrrole nitrogens is 3. The van der Waals surface area contributed by atoms with Gasteiger partial charge in [-0.25, -0.2) is 26.9 Å². The lowest BCUT2D eigenvalue weighted by atomic mass is 9.86. The van der Waals surface area contributed by atoms with Crippen LogP contribution in [0.15, 0.2) is 142 Å². The zero-order valence-corrected chi connectivity index (χ0v) is 74.7. The molecule has 0 radical (unpaired) electrons. The first kappa shape index (κ1) is 98.3. The van der Waals surface area contributed by atoms with Crippen molar-refractivity contribution >= 4 is 91.6 Å². The second-order valence-corrected chi connectivity index (χ2v) is 39.7. The number of aliphatic hydroxyl groups excluding tert-OH is 3. The van der Waals surface area contributed by atoms with Crippen molar-refractivity contribution in [1.29, 1.82) is 0 Å². The van der Waals surface area contributed by atoms with Crippen molar-refractivity contribution in [2.75, 3.05) is 55.7 Å². The predicted octanol–water partition coefficient (Wildman–Crippen LogP) is 8.66. The van der Waals surface area contributed by atoms with Gasteiger partial charge >= 0.3 is 40.7 Å². The molecule has 18 N–H and O–H groups in total. The number of ether oxygens (including phenoxy) is 6. The Hall–Kier alpha value is -9.87. The number of nitrogen functional groups attached to an aromatic ring is 3. The van der Waals surface area contributed by atoms with Gasteiger partial charge in [0.15, 0.2) is 35.6 Å². The number of nitrogens with zero attached hydrogens (tertiary/aromatic N) is 6. The van der Waals surface area contributed by atoms with Crippen LogP contribution in [-0.4, -0.2) is 204 Å². The molecule has 0 amide bonds. The number of halogens is 3. The highest BCUT2D eigenvalue weighted by Crippen LogP contribution is 2.60. The standard InChI is InChI=1S/3C27H37FN5O8P/c3*1-15(2)38-23(36)16(3)13-42(37,40-17-9-7-6-8-10-17)41-26(4,5)20-19(34)27(30,14-28)24(39-20)33-12-11-18-21(33)31-25(29)32-22(18)35/h3*6-12,15-16,19-20,24,34H,13-14,30H2,1-5H3,(H3,29,31,32,35)/t16-,19+,20+,24-,27?,42?;16-,19+,20+,24-,27?,42+;16-,19+,20+,24-,27?,42-/m111/s1. The highest BCUT2D eigenvalue weighted by molar-refractivity contribution is 7.55. The summed E-state index contributed by atoms with van der Waals surface area (Å²) in [6.07, 6.45) is -11.3. The fourth-order valence-electron chi connectivity index (χ4n) is 14.8. The number of alkyl halides is 3. The normalized spacial score (nSPS) is 24.9. The van der Waals surface area contributed by atoms with Gasteiger partial charge in [-0.15, -0.1) is 0 Å². The molecule has 690 valence electrons. The monoisotopic (exact) mass is 1830 g/mol. The Labute approximate surface area is 721 Å². The molecule has 9 heterocycles. The van der Waals surface area contributed by atoms with Crippen LogP contribution in [0.5, 0.6) is 17.2 Å². The topological polar surface area (TPSA) is 582 Å². The van der Waals surface area contributed by atoms with Crippen molar-refractivity contribution in [3.8, 4) is 17.2 Å². The molecule has 3 aliphatic heterocycles. The van der Waals surface area contributed by atoms with Crippen molar-refractivity contribution in [3.63, 3.8) is 0 Å². The molecule has 0 aliphatic carbocycles. The van der Waals surface area contributed by atoms with Crippen LogP contribution >= 0.6 is 22.8 Å². The molecular formula is C81H111F3N15O24P3. The van der Waals surface area contributed by atoms with Gasteiger partial charge in [-0.3, -0.25) is 57.3 Å². The second kappa shape index (κ2) is 38.6. The van der Waals surface area contributed by atoms with Crippen LogP contribution in [0.3, 0.4) is 0 Å². The van der Waals surface area contributed by atoms with E-state index in [1.54, 1.807) is 133 Å². The number of benzene rings is 3. The van der Waals surface area contributed by atoms with E-state index < -0.39 is 202 Å². The summed E-state index contributed by atoms with van der Waals surface area (Å²) in [6, 6.07) is 29.0. The van der Waals surface area contributed by atoms with E-state index in [-0.39, 0.29) is 86.7 Å². The van der Waals surface area contributed by atoms with Gasteiger partial charge in [0.2, 0.25) is 17.8 Å². The number of para-hydroxylation sites is 3. The maximum absolute atomic E-state index is 14.6. The number of fused-ring (bicyclic) bond motifs is 3. The molecule has 39 nitrogen and oxygen atoms in total. The van der Waals surface area contributed by atoms with E-state index in [0.29, 0.717) is 0 Å². The quantitative estimate of drug-likeness (QED) is 0.0104. The molecule has 3 aromatic carbocycles. The Balaban J connectivity index is 0.000000197. The number of aliphatic hydroxyl groups is 3. The third-order valence-corrected chi connectivity index (χ3v) is 27.6. The maximum Gasteiger partial charge on any atom is 0.380 e. The fourth-order valence-corrected chi connectivity index (χ4v) is 21.6. The van der Waals surface area contributed by atoms with Crippen LogP contribution in [0.2, 0.25) is 0 Å². The number of hydrogen-bond acceptors (Lipinski definition) is 33. The van der Waals surface area contributed by atoms with E-state index in [1.807, 2.05) is 0 Å². The number of hydrogen-bond donors (Lipinski definition) is 12. The summed E-state index contributed by atoms with van der Waals surface area (Å²) in [5.74, 6) is -4.35. The Morgan fingerprint density at radius 1 is 0.429 bits per heavy atom. The molecule has 45 heteroatoms. The van der Waals surface area contributed by atoms with Gasteiger partial charge in [0, 0.05) is 18.6 Å². The number of aromatic amines is 3. The number of anilines is 3. The van der Waals surface area contributed by atoms with E-state index in [9.17, 15) is 71.0 Å². The molecule has 3 aliphatic rings. The zero-order valence-electron chi connectivity index (χ0n) is 72.1. The second-order valence-electron chi connectivity index (χ2n) is 33.9. The third-order valence-electron chi connectivity index (χ3n) is 20.9. The average molecular weight is 1830 g/mol. The lowest BCUT2D eigenvalue weighted by Crippen LogP contribution is -2.58. The summed E-state index contributed by atoms with van der Waals surface area (Å²) < 4.78 is 161. The van der Waals surface area contributed by atoms with Crippen LogP contribution in [-0.2, 0) is 70.1 Å². The van der Waals surface area contributed by atoms with Gasteiger partial charge in [-0.1, -0.05) is 75.4 Å². The van der Waals surface area contributed by atoms with E-state index in [0.717, 1.165) is 0 Å². The number of carbonyl (C=O) groups is 3. The van der Waals surface area contributed by atoms with E-state index in [4.69, 9.17) is 90.0 Å². The number of carbonyl (C=O) groups excluding carboxylic acids is 3. The van der Waals surface area contributed by atoms with Crippen molar-refractivity contribution in [3.05, 3.63) is 159 Å². The smallest absolute Gasteiger partial charge is 0.380 e. The first-order chi connectivity index (χ1) is 58.8. The fraction of sp³-hybridized carbons (Fsp3) is 0.519. The van der Waals surface area contributed by atoms with Gasteiger partial charge in [-0.2, -0.15) is 15.0 Å². The van der Waals surface area contributed by atoms with Crippen LogP contribution in [0.25, 0.3) is 33.1 Å². The molecule has 0 bridgehead atoms. The summed E-state index contributed by atoms with van der Waals surface area (Å²) in [4.78, 5) is 94.4. The molecule has 18 atom stereocenters. The molecular weight excluding hydrogens is 1720 g/mol. The summed E-state index contributed by atoms with van der Waals surface area (Å²) in [6.45, 7) is 19.9. The Bertz CT molecular complexity index is 5130. The maximum atomic E-state index is 14.6. The molecule has 6 aromatic heterocycles. The minimum atomic E-state index is -4.19. The summed E-state index contributed by atoms with van der Waals surface area (Å²) in [5.41, 5.74) is 24.1. The molecule has 4 unspecified atom stereocenters. The first-order valence-corrected chi connectivity index (χ1v) is 45.4. The molecule has 126 heavy (non-hydrogen) atoms. The molecule has 3 fully saturated rings. The van der Waals surface area contributed by atoms with Crippen LogP contribution < -0.4 is 64.7 Å². The highest BCUT2D eigenvalue weighted by atomic mass is 31.2. The van der Waals surface area contributed by atoms with Gasteiger partial charge in [0.05, 0.1) is 70.7 Å². The number of aromatic nitrogens is 9. The lowest BCUT2D eigenvalue weighted by molar-refractivity contribution is -0.152. The highest BCUT2D eigenvalue weighted by Gasteiger charge is 2.64. The Morgan fingerprint density at radius 3 is 0.857 bits per heavy atom. The molecule has 12 rings (SSSR count). The lowest BCUT2D eigenvalue weighted by Gasteiger charge is -2.37. The van der Waals surface area contributed by atoms with Crippen LogP contribution in [0, 0.1) is 17.8 Å². The number of esters is 3. The average Bonchev–Trinajstić information content (AvgIpc) is 1.58. The van der Waals surface area contributed by atoms with E-state index in [2.05, 4.69) is 29.9 Å². The summed E-state index contributed by atoms with van der Waals surface area (Å²) >= 11 is 0. The summed E-state index contributed by atoms with van der Waals surface area (Å²) in [5, 5.41) is 34.5. The van der Waals surface area contributed by atoms with E-state index >= 15 is 0 Å². The largest absolute Gasteiger partial charge is 0.463 e. The van der Waals surface area contributed by atoms with Crippen molar-refractivity contribution < 1.29 is 112 Å². The number of rotatable bonds is 33. The van der Waals surface area contributed by atoms with Gasteiger partial charge in [0.1, 0.15) is 107 Å². The zero-order chi connectivity index (χ0) is 93.1. The summed E-state index contributed by atoms with van der Waals surface area (Å²) in [7, 11) is -12.6. The number of nitrogens with one attached hydrogen (secondary N) is 3. The van der Waals surface area contributed by atoms with Gasteiger partial charge < -0.3 is 105 Å². The molecule has 9 aromatic rings. The molecule has 3 saturated heterocycles. The van der Waals surface area contributed by atoms with Crippen molar-refractivity contribution in [2.45, 2.75) is 211 Å². The Morgan fingerprint density at radius 2 is 0.651 bits per heavy atom. The van der Waals surface area contributed by atoms with E-state index in [1.165, 1.54) is 113 Å². The van der Waals surface area contributed by atoms with Crippen molar-refractivity contribution in [1.82, 2.24) is 43.6 Å². The molecule has 0 spiro atoms. The van der Waals surface area contributed by atoms with Crippen LogP contribution in [0.4, 0.5) is 31.0 Å². The Kier molecular flexibility index (Phi) is 30.1. The van der Waals surface area contributed by atoms with Gasteiger partial charge in [0.25, 0.3) is 16.7 Å². The minimum Gasteiger partial charge on any atom is -0.463 e.